The van der Waals surface area contributed by atoms with Gasteiger partial charge in [-0.05, 0) is 74.3 Å². The first-order chi connectivity index (χ1) is 15.4. The number of nitrogens with two attached hydrogens (primary N) is 1. The quantitative estimate of drug-likeness (QED) is 0.649. The molecule has 0 saturated heterocycles. The molecular formula is C25H31ClN4O2. The summed E-state index contributed by atoms with van der Waals surface area (Å²) in [5.41, 5.74) is 7.94. The molecule has 2 saturated carbocycles. The van der Waals surface area contributed by atoms with Gasteiger partial charge in [0.15, 0.2) is 0 Å². The lowest BCUT2D eigenvalue weighted by Gasteiger charge is -2.43. The zero-order valence-corrected chi connectivity index (χ0v) is 19.3. The highest BCUT2D eigenvalue weighted by Crippen LogP contribution is 2.42. The van der Waals surface area contributed by atoms with Crippen molar-refractivity contribution in [2.24, 2.45) is 11.7 Å². The van der Waals surface area contributed by atoms with Crippen molar-refractivity contribution >= 4 is 29.2 Å². The van der Waals surface area contributed by atoms with E-state index in [-0.39, 0.29) is 23.3 Å². The first-order valence-corrected chi connectivity index (χ1v) is 11.8. The number of aromatic nitrogens is 1. The van der Waals surface area contributed by atoms with E-state index < -0.39 is 0 Å². The molecule has 6 nitrogen and oxygen atoms in total. The number of pyridine rings is 1. The summed E-state index contributed by atoms with van der Waals surface area (Å²) < 4.78 is 0. The molecule has 4 rings (SSSR count). The fourth-order valence-corrected chi connectivity index (χ4v) is 5.00. The van der Waals surface area contributed by atoms with E-state index in [0.717, 1.165) is 37.3 Å². The summed E-state index contributed by atoms with van der Waals surface area (Å²) >= 11 is 6.25. The maximum absolute atomic E-state index is 13.4. The number of nitrogens with one attached hydrogen (secondary N) is 1. The molecule has 3 N–H and O–H groups in total. The fraction of sp³-hybridized carbons (Fsp3) is 0.480. The van der Waals surface area contributed by atoms with Gasteiger partial charge in [0.2, 0.25) is 5.91 Å². The topological polar surface area (TPSA) is 88.3 Å². The Morgan fingerprint density at radius 2 is 1.94 bits per heavy atom. The van der Waals surface area contributed by atoms with Gasteiger partial charge in [-0.25, -0.2) is 4.98 Å². The van der Waals surface area contributed by atoms with Crippen molar-refractivity contribution in [1.29, 1.82) is 0 Å². The van der Waals surface area contributed by atoms with Crippen molar-refractivity contribution in [3.05, 3.63) is 58.7 Å². The van der Waals surface area contributed by atoms with Crippen molar-refractivity contribution in [2.45, 2.75) is 56.9 Å². The van der Waals surface area contributed by atoms with Crippen LogP contribution in [0.1, 0.15) is 61.4 Å². The highest BCUT2D eigenvalue weighted by molar-refractivity contribution is 6.30. The van der Waals surface area contributed by atoms with Gasteiger partial charge < -0.3 is 16.0 Å². The average molecular weight is 455 g/mol. The molecule has 0 radical (unpaired) electrons. The Hall–Kier alpha value is -2.44. The summed E-state index contributed by atoms with van der Waals surface area (Å²) in [6, 6.07) is 11.7. The normalized spacial score (nSPS) is 22.9. The van der Waals surface area contributed by atoms with Crippen LogP contribution in [0.2, 0.25) is 5.02 Å². The van der Waals surface area contributed by atoms with Crippen LogP contribution in [0.5, 0.6) is 0 Å². The van der Waals surface area contributed by atoms with E-state index >= 15 is 0 Å². The maximum atomic E-state index is 13.4. The predicted molar refractivity (Wildman–Crippen MR) is 127 cm³/mol. The molecule has 2 aromatic rings. The fourth-order valence-electron chi connectivity index (χ4n) is 4.81. The molecule has 2 aliphatic rings. The van der Waals surface area contributed by atoms with Crippen LogP contribution >= 0.6 is 11.6 Å². The summed E-state index contributed by atoms with van der Waals surface area (Å²) in [6.07, 6.45) is 7.63. The Bertz CT molecular complexity index is 966. The highest BCUT2D eigenvalue weighted by atomic mass is 35.5. The van der Waals surface area contributed by atoms with Gasteiger partial charge in [-0.1, -0.05) is 23.7 Å². The van der Waals surface area contributed by atoms with Gasteiger partial charge in [0.05, 0.1) is 5.56 Å². The van der Waals surface area contributed by atoms with Crippen molar-refractivity contribution in [1.82, 2.24) is 9.88 Å². The van der Waals surface area contributed by atoms with Gasteiger partial charge in [-0.15, -0.1) is 0 Å². The first kappa shape index (κ1) is 22.7. The number of carbonyl (C=O) groups is 2. The minimum absolute atomic E-state index is 0.0202. The SMILES string of the molecule is CC(=O)Nc1ccc(C(=O)N(CC2CC2)C2CCC(CN)(c3cccc(Cl)c3)CC2)cn1. The van der Waals surface area contributed by atoms with E-state index in [1.807, 2.05) is 18.2 Å². The second kappa shape index (κ2) is 9.59. The first-order valence-electron chi connectivity index (χ1n) is 11.4. The molecular weight excluding hydrogens is 424 g/mol. The van der Waals surface area contributed by atoms with Gasteiger partial charge in [-0.3, -0.25) is 9.59 Å². The Morgan fingerprint density at radius 1 is 1.19 bits per heavy atom. The molecule has 0 bridgehead atoms. The molecule has 1 aromatic heterocycles. The van der Waals surface area contributed by atoms with Crippen molar-refractivity contribution in [2.75, 3.05) is 18.4 Å². The largest absolute Gasteiger partial charge is 0.335 e. The molecule has 2 aliphatic carbocycles. The third-order valence-electron chi connectivity index (χ3n) is 6.91. The molecule has 32 heavy (non-hydrogen) atoms. The lowest BCUT2D eigenvalue weighted by molar-refractivity contribution is -0.114. The van der Waals surface area contributed by atoms with Crippen molar-refractivity contribution in [3.8, 4) is 0 Å². The molecule has 0 spiro atoms. The molecule has 0 aliphatic heterocycles. The number of nitrogens with zero attached hydrogens (tertiary/aromatic N) is 2. The minimum atomic E-state index is -0.183. The third kappa shape index (κ3) is 5.13. The summed E-state index contributed by atoms with van der Waals surface area (Å²) in [7, 11) is 0. The number of carbonyl (C=O) groups excluding carboxylic acids is 2. The van der Waals surface area contributed by atoms with Crippen LogP contribution in [-0.4, -0.2) is 40.8 Å². The Labute approximate surface area is 194 Å². The highest BCUT2D eigenvalue weighted by Gasteiger charge is 2.40. The lowest BCUT2D eigenvalue weighted by Crippen LogP contribution is -2.48. The Balaban J connectivity index is 1.49. The molecule has 7 heteroatoms. The van der Waals surface area contributed by atoms with Crippen molar-refractivity contribution < 1.29 is 9.59 Å². The van der Waals surface area contributed by atoms with Gasteiger partial charge >= 0.3 is 0 Å². The van der Waals surface area contributed by atoms with Crippen LogP contribution in [0.15, 0.2) is 42.6 Å². The molecule has 170 valence electrons. The smallest absolute Gasteiger partial charge is 0.255 e. The zero-order chi connectivity index (χ0) is 22.7. The number of halogens is 1. The molecule has 0 unspecified atom stereocenters. The predicted octanol–water partition coefficient (Wildman–Crippen LogP) is 4.38. The van der Waals surface area contributed by atoms with Crippen molar-refractivity contribution in [3.63, 3.8) is 0 Å². The van der Waals surface area contributed by atoms with E-state index in [1.165, 1.54) is 25.3 Å². The Morgan fingerprint density at radius 3 is 2.50 bits per heavy atom. The van der Waals surface area contributed by atoms with Crippen LogP contribution in [0.3, 0.4) is 0 Å². The number of benzene rings is 1. The summed E-state index contributed by atoms with van der Waals surface area (Å²) in [6.45, 7) is 2.81. The number of anilines is 1. The van der Waals surface area contributed by atoms with E-state index in [2.05, 4.69) is 21.3 Å². The van der Waals surface area contributed by atoms with Crippen LogP contribution in [0.4, 0.5) is 5.82 Å². The summed E-state index contributed by atoms with van der Waals surface area (Å²) in [4.78, 5) is 31.0. The number of hydrogen-bond acceptors (Lipinski definition) is 4. The minimum Gasteiger partial charge on any atom is -0.335 e. The molecule has 2 amide bonds. The van der Waals surface area contributed by atoms with Crippen LogP contribution in [0, 0.1) is 5.92 Å². The molecule has 2 fully saturated rings. The Kier molecular flexibility index (Phi) is 6.82. The van der Waals surface area contributed by atoms with Gasteiger partial charge in [-0.2, -0.15) is 0 Å². The summed E-state index contributed by atoms with van der Waals surface area (Å²) in [5, 5.41) is 3.38. The molecule has 0 atom stereocenters. The third-order valence-corrected chi connectivity index (χ3v) is 7.14. The van der Waals surface area contributed by atoms with E-state index in [0.29, 0.717) is 23.8 Å². The lowest BCUT2D eigenvalue weighted by atomic mass is 9.68. The molecule has 1 heterocycles. The van der Waals surface area contributed by atoms with Gasteiger partial charge in [0.1, 0.15) is 5.82 Å². The zero-order valence-electron chi connectivity index (χ0n) is 18.5. The second-order valence-electron chi connectivity index (χ2n) is 9.24. The standard InChI is InChI=1S/C25H31ClN4O2/c1-17(31)29-23-8-7-19(14-28-23)24(32)30(15-18-5-6-18)22-9-11-25(16-27,12-10-22)20-3-2-4-21(26)13-20/h2-4,7-8,13-14,18,22H,5-6,9-12,15-16,27H2,1H3,(H,28,29,31). The molecule has 1 aromatic carbocycles. The van der Waals surface area contributed by atoms with Crippen LogP contribution in [-0.2, 0) is 10.2 Å². The number of amides is 2. The second-order valence-corrected chi connectivity index (χ2v) is 9.68. The van der Waals surface area contributed by atoms with Crippen LogP contribution in [0.25, 0.3) is 0 Å². The van der Waals surface area contributed by atoms with Gasteiger partial charge in [0.25, 0.3) is 5.91 Å². The average Bonchev–Trinajstić information content (AvgIpc) is 3.62. The van der Waals surface area contributed by atoms with Gasteiger partial charge in [0, 0.05) is 42.7 Å². The van der Waals surface area contributed by atoms with E-state index in [1.54, 1.807) is 18.3 Å². The monoisotopic (exact) mass is 454 g/mol. The van der Waals surface area contributed by atoms with E-state index in [4.69, 9.17) is 17.3 Å². The summed E-state index contributed by atoms with van der Waals surface area (Å²) in [5.74, 6) is 0.887. The number of hydrogen-bond donors (Lipinski definition) is 2. The van der Waals surface area contributed by atoms with E-state index in [9.17, 15) is 9.59 Å². The number of rotatable bonds is 7. The maximum Gasteiger partial charge on any atom is 0.255 e. The van der Waals surface area contributed by atoms with Crippen LogP contribution < -0.4 is 11.1 Å².